The third-order valence-electron chi connectivity index (χ3n) is 4.20. The van der Waals surface area contributed by atoms with Crippen molar-refractivity contribution in [3.63, 3.8) is 0 Å². The molecule has 126 valence electrons. The van der Waals surface area contributed by atoms with Gasteiger partial charge in [0, 0.05) is 24.4 Å². The van der Waals surface area contributed by atoms with Crippen LogP contribution < -0.4 is 10.1 Å². The van der Waals surface area contributed by atoms with E-state index in [9.17, 15) is 9.59 Å². The molecule has 0 aliphatic carbocycles. The van der Waals surface area contributed by atoms with E-state index < -0.39 is 0 Å². The predicted molar refractivity (Wildman–Crippen MR) is 89.0 cm³/mol. The monoisotopic (exact) mass is 328 g/mol. The average Bonchev–Trinajstić information content (AvgIpc) is 2.92. The second-order valence-corrected chi connectivity index (χ2v) is 6.02. The number of cyclic esters (lactones) is 1. The van der Waals surface area contributed by atoms with E-state index in [4.69, 9.17) is 9.47 Å². The fraction of sp³-hybridized carbons (Fsp3) is 0.389. The molecule has 2 aromatic rings. The minimum Gasteiger partial charge on any atom is -0.497 e. The highest BCUT2D eigenvalue weighted by Crippen LogP contribution is 2.36. The molecular weight excluding hydrogens is 308 g/mol. The quantitative estimate of drug-likeness (QED) is 0.870. The van der Waals surface area contributed by atoms with E-state index in [-0.39, 0.29) is 23.9 Å². The summed E-state index contributed by atoms with van der Waals surface area (Å²) >= 11 is 0. The standard InChI is InChI=1S/C18H20N2O4/c1-10-6-14(15-7-12(23-3)4-5-17(15)20-10)16-8-13(24-18(16)22)9-19-11(2)21/h4-7,13,16H,8-9H2,1-3H3,(H,19,21). The van der Waals surface area contributed by atoms with E-state index in [1.807, 2.05) is 31.2 Å². The zero-order valence-electron chi connectivity index (χ0n) is 14.0. The average molecular weight is 328 g/mol. The number of aromatic nitrogens is 1. The second kappa shape index (κ2) is 6.47. The van der Waals surface area contributed by atoms with Crippen LogP contribution in [0.1, 0.15) is 30.5 Å². The van der Waals surface area contributed by atoms with Crippen LogP contribution in [0.4, 0.5) is 0 Å². The van der Waals surface area contributed by atoms with Gasteiger partial charge in [0.05, 0.1) is 25.1 Å². The van der Waals surface area contributed by atoms with E-state index in [2.05, 4.69) is 10.3 Å². The molecule has 1 aliphatic rings. The molecule has 2 heterocycles. The molecule has 3 rings (SSSR count). The third kappa shape index (κ3) is 3.18. The van der Waals surface area contributed by atoms with Gasteiger partial charge in [-0.1, -0.05) is 0 Å². The number of benzene rings is 1. The molecule has 1 aliphatic heterocycles. The van der Waals surface area contributed by atoms with Gasteiger partial charge in [0.2, 0.25) is 5.91 Å². The zero-order valence-corrected chi connectivity index (χ0v) is 14.0. The number of nitrogens with zero attached hydrogens (tertiary/aromatic N) is 1. The van der Waals surface area contributed by atoms with Crippen LogP contribution in [0.15, 0.2) is 24.3 Å². The molecule has 6 heteroatoms. The van der Waals surface area contributed by atoms with Gasteiger partial charge in [-0.25, -0.2) is 0 Å². The van der Waals surface area contributed by atoms with E-state index in [1.54, 1.807) is 7.11 Å². The van der Waals surface area contributed by atoms with Crippen molar-refractivity contribution in [1.29, 1.82) is 0 Å². The number of methoxy groups -OCH3 is 1. The first-order chi connectivity index (χ1) is 11.5. The van der Waals surface area contributed by atoms with Crippen molar-refractivity contribution in [3.8, 4) is 5.75 Å². The Morgan fingerprint density at radius 3 is 2.92 bits per heavy atom. The summed E-state index contributed by atoms with van der Waals surface area (Å²) in [5.74, 6) is -0.0415. The fourth-order valence-corrected chi connectivity index (χ4v) is 3.07. The highest BCUT2D eigenvalue weighted by Gasteiger charge is 2.36. The summed E-state index contributed by atoms with van der Waals surface area (Å²) in [5, 5.41) is 3.59. The maximum Gasteiger partial charge on any atom is 0.313 e. The number of rotatable bonds is 4. The summed E-state index contributed by atoms with van der Waals surface area (Å²) in [6.07, 6.45) is 0.232. The first-order valence-corrected chi connectivity index (χ1v) is 7.88. The van der Waals surface area contributed by atoms with Crippen molar-refractivity contribution < 1.29 is 19.1 Å². The Hall–Kier alpha value is -2.63. The molecule has 1 amide bonds. The molecule has 2 unspecified atom stereocenters. The molecule has 0 saturated carbocycles. The Morgan fingerprint density at radius 1 is 1.42 bits per heavy atom. The van der Waals surface area contributed by atoms with Gasteiger partial charge in [-0.05, 0) is 36.8 Å². The van der Waals surface area contributed by atoms with Gasteiger partial charge in [0.1, 0.15) is 11.9 Å². The lowest BCUT2D eigenvalue weighted by Crippen LogP contribution is -2.30. The SMILES string of the molecule is COc1ccc2nc(C)cc(C3CC(CNC(C)=O)OC3=O)c2c1. The van der Waals surface area contributed by atoms with Crippen molar-refractivity contribution in [2.75, 3.05) is 13.7 Å². The van der Waals surface area contributed by atoms with E-state index in [0.717, 1.165) is 27.9 Å². The molecule has 0 bridgehead atoms. The molecule has 0 radical (unpaired) electrons. The van der Waals surface area contributed by atoms with Crippen LogP contribution in [0.3, 0.4) is 0 Å². The van der Waals surface area contributed by atoms with Gasteiger partial charge in [-0.3, -0.25) is 14.6 Å². The first-order valence-electron chi connectivity index (χ1n) is 7.88. The summed E-state index contributed by atoms with van der Waals surface area (Å²) in [5.41, 5.74) is 2.57. The minimum atomic E-state index is -0.361. The van der Waals surface area contributed by atoms with Crippen molar-refractivity contribution >= 4 is 22.8 Å². The van der Waals surface area contributed by atoms with Gasteiger partial charge in [-0.15, -0.1) is 0 Å². The number of fused-ring (bicyclic) bond motifs is 1. The fourth-order valence-electron chi connectivity index (χ4n) is 3.07. The number of amides is 1. The summed E-state index contributed by atoms with van der Waals surface area (Å²) in [6, 6.07) is 7.56. The summed E-state index contributed by atoms with van der Waals surface area (Å²) in [7, 11) is 1.61. The van der Waals surface area contributed by atoms with Gasteiger partial charge in [-0.2, -0.15) is 0 Å². The number of esters is 1. The van der Waals surface area contributed by atoms with Crippen molar-refractivity contribution in [1.82, 2.24) is 10.3 Å². The maximum atomic E-state index is 12.4. The molecular formula is C18H20N2O4. The van der Waals surface area contributed by atoms with Crippen LogP contribution in [-0.4, -0.2) is 36.6 Å². The molecule has 24 heavy (non-hydrogen) atoms. The molecule has 1 aromatic heterocycles. The number of hydrogen-bond donors (Lipinski definition) is 1. The number of hydrogen-bond acceptors (Lipinski definition) is 5. The Labute approximate surface area is 140 Å². The third-order valence-corrected chi connectivity index (χ3v) is 4.20. The number of pyridine rings is 1. The Balaban J connectivity index is 1.96. The Bertz CT molecular complexity index is 803. The summed E-state index contributed by atoms with van der Waals surface area (Å²) < 4.78 is 10.7. The van der Waals surface area contributed by atoms with Gasteiger partial charge in [0.25, 0.3) is 0 Å². The van der Waals surface area contributed by atoms with Crippen LogP contribution in [0.5, 0.6) is 5.75 Å². The first kappa shape index (κ1) is 16.2. The summed E-state index contributed by atoms with van der Waals surface area (Å²) in [4.78, 5) is 27.9. The zero-order chi connectivity index (χ0) is 17.3. The van der Waals surface area contributed by atoms with Crippen molar-refractivity contribution in [3.05, 3.63) is 35.5 Å². The molecule has 6 nitrogen and oxygen atoms in total. The van der Waals surface area contributed by atoms with E-state index in [1.165, 1.54) is 6.92 Å². The van der Waals surface area contributed by atoms with Crippen LogP contribution in [0.25, 0.3) is 10.9 Å². The predicted octanol–water partition coefficient (Wildman–Crippen LogP) is 2.09. The Morgan fingerprint density at radius 2 is 2.21 bits per heavy atom. The topological polar surface area (TPSA) is 77.5 Å². The molecule has 1 N–H and O–H groups in total. The van der Waals surface area contributed by atoms with Gasteiger partial charge < -0.3 is 14.8 Å². The lowest BCUT2D eigenvalue weighted by molar-refractivity contribution is -0.142. The number of aryl methyl sites for hydroxylation is 1. The van der Waals surface area contributed by atoms with Gasteiger partial charge in [0.15, 0.2) is 0 Å². The lowest BCUT2D eigenvalue weighted by atomic mass is 9.92. The van der Waals surface area contributed by atoms with E-state index >= 15 is 0 Å². The van der Waals surface area contributed by atoms with Crippen molar-refractivity contribution in [2.24, 2.45) is 0 Å². The van der Waals surface area contributed by atoms with Crippen LogP contribution >= 0.6 is 0 Å². The summed E-state index contributed by atoms with van der Waals surface area (Å²) in [6.45, 7) is 3.69. The minimum absolute atomic E-state index is 0.135. The number of carbonyl (C=O) groups is 2. The normalized spacial score (nSPS) is 20.0. The number of ether oxygens (including phenoxy) is 2. The molecule has 1 aromatic carbocycles. The van der Waals surface area contributed by atoms with E-state index in [0.29, 0.717) is 13.0 Å². The van der Waals surface area contributed by atoms with Gasteiger partial charge >= 0.3 is 5.97 Å². The smallest absolute Gasteiger partial charge is 0.313 e. The Kier molecular flexibility index (Phi) is 4.38. The molecule has 0 spiro atoms. The van der Waals surface area contributed by atoms with Crippen molar-refractivity contribution in [2.45, 2.75) is 32.3 Å². The molecule has 1 saturated heterocycles. The van der Waals surface area contributed by atoms with Crippen LogP contribution in [0.2, 0.25) is 0 Å². The van der Waals surface area contributed by atoms with Crippen LogP contribution in [-0.2, 0) is 14.3 Å². The van der Waals surface area contributed by atoms with Crippen LogP contribution in [0, 0.1) is 6.92 Å². The molecule has 1 fully saturated rings. The number of carbonyl (C=O) groups excluding carboxylic acids is 2. The lowest BCUT2D eigenvalue weighted by Gasteiger charge is -2.12. The second-order valence-electron chi connectivity index (χ2n) is 6.02. The highest BCUT2D eigenvalue weighted by molar-refractivity contribution is 5.91. The molecule has 2 atom stereocenters. The number of nitrogens with one attached hydrogen (secondary N) is 1. The largest absolute Gasteiger partial charge is 0.497 e. The maximum absolute atomic E-state index is 12.4. The highest BCUT2D eigenvalue weighted by atomic mass is 16.6.